The Morgan fingerprint density at radius 3 is 3.07 bits per heavy atom. The Bertz CT molecular complexity index is 306. The fourth-order valence-electron chi connectivity index (χ4n) is 1.24. The van der Waals surface area contributed by atoms with Gasteiger partial charge in [0.25, 0.3) is 0 Å². The van der Waals surface area contributed by atoms with E-state index in [0.29, 0.717) is 13.1 Å². The van der Waals surface area contributed by atoms with Crippen LogP contribution in [-0.2, 0) is 9.59 Å². The number of carbonyl (C=O) groups is 2. The molecular formula is C9H11N3O2. The van der Waals surface area contributed by atoms with E-state index in [2.05, 4.69) is 11.9 Å². The number of hydrogen-bond acceptors (Lipinski definition) is 3. The Balaban J connectivity index is 2.31. The molecule has 0 saturated carbocycles. The summed E-state index contributed by atoms with van der Waals surface area (Å²) in [5, 5.41) is 10.7. The number of carbonyl (C=O) groups excluding carboxylic acids is 2. The largest absolute Gasteiger partial charge is 0.342 e. The third-order valence-electron chi connectivity index (χ3n) is 1.94. The molecule has 1 rings (SSSR count). The van der Waals surface area contributed by atoms with Crippen LogP contribution in [0.3, 0.4) is 0 Å². The van der Waals surface area contributed by atoms with E-state index in [4.69, 9.17) is 5.26 Å². The Morgan fingerprint density at radius 2 is 2.57 bits per heavy atom. The van der Waals surface area contributed by atoms with Crippen LogP contribution in [0.1, 0.15) is 6.42 Å². The van der Waals surface area contributed by atoms with Crippen molar-refractivity contribution in [3.8, 4) is 6.07 Å². The number of nitrogens with zero attached hydrogens (tertiary/aromatic N) is 2. The van der Waals surface area contributed by atoms with Crippen molar-refractivity contribution in [1.29, 1.82) is 5.26 Å². The van der Waals surface area contributed by atoms with Gasteiger partial charge in [-0.1, -0.05) is 6.08 Å². The highest BCUT2D eigenvalue weighted by molar-refractivity contribution is 5.92. The maximum Gasteiger partial charge on any atom is 0.247 e. The topological polar surface area (TPSA) is 73.2 Å². The van der Waals surface area contributed by atoms with Gasteiger partial charge in [0.05, 0.1) is 12.6 Å². The van der Waals surface area contributed by atoms with Crippen molar-refractivity contribution in [2.24, 2.45) is 0 Å². The minimum atomic E-state index is -0.448. The molecule has 1 N–H and O–H groups in total. The number of hydrogen-bond donors (Lipinski definition) is 1. The molecule has 1 fully saturated rings. The molecule has 0 radical (unpaired) electrons. The zero-order valence-electron chi connectivity index (χ0n) is 7.69. The first-order valence-electron chi connectivity index (χ1n) is 4.25. The highest BCUT2D eigenvalue weighted by Gasteiger charge is 2.36. The second-order valence-corrected chi connectivity index (χ2v) is 2.99. The minimum Gasteiger partial charge on any atom is -0.342 e. The summed E-state index contributed by atoms with van der Waals surface area (Å²) in [5.74, 6) is -0.514. The van der Waals surface area contributed by atoms with Crippen molar-refractivity contribution in [3.63, 3.8) is 0 Å². The summed E-state index contributed by atoms with van der Waals surface area (Å²) < 4.78 is 0. The van der Waals surface area contributed by atoms with Gasteiger partial charge >= 0.3 is 0 Å². The van der Waals surface area contributed by atoms with Crippen LogP contribution >= 0.6 is 0 Å². The van der Waals surface area contributed by atoms with Crippen LogP contribution in [0.25, 0.3) is 0 Å². The van der Waals surface area contributed by atoms with Gasteiger partial charge < -0.3 is 10.2 Å². The molecule has 0 spiro atoms. The van der Waals surface area contributed by atoms with E-state index in [0.717, 1.165) is 0 Å². The normalized spacial score (nSPS) is 19.5. The summed E-state index contributed by atoms with van der Waals surface area (Å²) in [7, 11) is 0. The Kier molecular flexibility index (Phi) is 3.24. The van der Waals surface area contributed by atoms with Crippen LogP contribution in [0.5, 0.6) is 0 Å². The SMILES string of the molecule is C=CCN1CC(NC(=O)CC#N)C1=O. The van der Waals surface area contributed by atoms with E-state index >= 15 is 0 Å². The van der Waals surface area contributed by atoms with Gasteiger partial charge in [0.2, 0.25) is 11.8 Å². The third-order valence-corrected chi connectivity index (χ3v) is 1.94. The van der Waals surface area contributed by atoms with Crippen LogP contribution in [0.2, 0.25) is 0 Å². The van der Waals surface area contributed by atoms with Gasteiger partial charge in [0, 0.05) is 6.54 Å². The average Bonchev–Trinajstić information content (AvgIpc) is 2.16. The van der Waals surface area contributed by atoms with Gasteiger partial charge in [-0.15, -0.1) is 6.58 Å². The van der Waals surface area contributed by atoms with Crippen LogP contribution in [0, 0.1) is 11.3 Å². The monoisotopic (exact) mass is 193 g/mol. The fraction of sp³-hybridized carbons (Fsp3) is 0.444. The quantitative estimate of drug-likeness (QED) is 0.479. The molecule has 1 atom stereocenters. The van der Waals surface area contributed by atoms with Gasteiger partial charge in [-0.25, -0.2) is 0 Å². The van der Waals surface area contributed by atoms with E-state index in [1.54, 1.807) is 17.0 Å². The molecule has 0 aromatic carbocycles. The first kappa shape index (κ1) is 10.3. The predicted molar refractivity (Wildman–Crippen MR) is 48.9 cm³/mol. The maximum absolute atomic E-state index is 11.3. The summed E-state index contributed by atoms with van der Waals surface area (Å²) in [6, 6.07) is 1.27. The molecule has 0 aromatic heterocycles. The Labute approximate surface area is 82.0 Å². The average molecular weight is 193 g/mol. The molecule has 5 nitrogen and oxygen atoms in total. The molecule has 14 heavy (non-hydrogen) atoms. The fourth-order valence-corrected chi connectivity index (χ4v) is 1.24. The molecule has 1 unspecified atom stereocenters. The molecule has 0 aromatic rings. The van der Waals surface area contributed by atoms with Crippen molar-refractivity contribution >= 4 is 11.8 Å². The highest BCUT2D eigenvalue weighted by Crippen LogP contribution is 2.09. The van der Waals surface area contributed by atoms with Gasteiger partial charge in [-0.05, 0) is 0 Å². The molecule has 0 aliphatic carbocycles. The second-order valence-electron chi connectivity index (χ2n) is 2.99. The summed E-state index contributed by atoms with van der Waals surface area (Å²) in [5.41, 5.74) is 0. The van der Waals surface area contributed by atoms with E-state index in [1.165, 1.54) is 0 Å². The molecule has 2 amide bonds. The molecule has 1 saturated heterocycles. The van der Waals surface area contributed by atoms with Crippen molar-refractivity contribution < 1.29 is 9.59 Å². The maximum atomic E-state index is 11.3. The lowest BCUT2D eigenvalue weighted by atomic mass is 10.1. The van der Waals surface area contributed by atoms with E-state index in [9.17, 15) is 9.59 Å². The Hall–Kier alpha value is -1.83. The van der Waals surface area contributed by atoms with Gasteiger partial charge in [-0.2, -0.15) is 5.26 Å². The summed E-state index contributed by atoms with van der Waals surface area (Å²) >= 11 is 0. The standard InChI is InChI=1S/C9H11N3O2/c1-2-5-12-6-7(9(12)14)11-8(13)3-4-10/h2,7H,1,3,5-6H2,(H,11,13). The second kappa shape index (κ2) is 4.42. The van der Waals surface area contributed by atoms with Crippen molar-refractivity contribution in [2.75, 3.05) is 13.1 Å². The first-order chi connectivity index (χ1) is 6.69. The zero-order valence-corrected chi connectivity index (χ0v) is 7.69. The van der Waals surface area contributed by atoms with Crippen LogP contribution < -0.4 is 5.32 Å². The first-order valence-corrected chi connectivity index (χ1v) is 4.25. The molecule has 5 heteroatoms. The summed E-state index contributed by atoms with van der Waals surface area (Å²) in [4.78, 5) is 23.8. The van der Waals surface area contributed by atoms with E-state index < -0.39 is 11.9 Å². The van der Waals surface area contributed by atoms with Crippen molar-refractivity contribution in [3.05, 3.63) is 12.7 Å². The molecule has 0 bridgehead atoms. The van der Waals surface area contributed by atoms with Gasteiger partial charge in [0.15, 0.2) is 0 Å². The molecular weight excluding hydrogens is 182 g/mol. The summed E-state index contributed by atoms with van der Waals surface area (Å²) in [6.07, 6.45) is 1.43. The lowest BCUT2D eigenvalue weighted by molar-refractivity contribution is -0.145. The van der Waals surface area contributed by atoms with Crippen LogP contribution in [0.15, 0.2) is 12.7 Å². The molecule has 1 aliphatic rings. The molecule has 1 aliphatic heterocycles. The number of rotatable bonds is 4. The van der Waals surface area contributed by atoms with Gasteiger partial charge in [0.1, 0.15) is 12.5 Å². The number of amides is 2. The number of nitrogens with one attached hydrogen (secondary N) is 1. The number of nitriles is 1. The number of β-lactam (4-membered cyclic amide) rings is 1. The molecule has 1 heterocycles. The molecule has 74 valence electrons. The van der Waals surface area contributed by atoms with Crippen LogP contribution in [-0.4, -0.2) is 35.8 Å². The minimum absolute atomic E-state index is 0.115. The lowest BCUT2D eigenvalue weighted by Crippen LogP contribution is -2.63. The number of likely N-dealkylation sites (tertiary alicyclic amines) is 1. The summed E-state index contributed by atoms with van der Waals surface area (Å²) in [6.45, 7) is 4.51. The highest BCUT2D eigenvalue weighted by atomic mass is 16.2. The predicted octanol–water partition coefficient (Wildman–Crippen LogP) is -0.587. The van der Waals surface area contributed by atoms with E-state index in [1.807, 2.05) is 0 Å². The van der Waals surface area contributed by atoms with Crippen molar-refractivity contribution in [1.82, 2.24) is 10.2 Å². The Morgan fingerprint density at radius 1 is 1.86 bits per heavy atom. The lowest BCUT2D eigenvalue weighted by Gasteiger charge is -2.37. The smallest absolute Gasteiger partial charge is 0.247 e. The zero-order chi connectivity index (χ0) is 10.6. The van der Waals surface area contributed by atoms with E-state index in [-0.39, 0.29) is 12.3 Å². The van der Waals surface area contributed by atoms with Crippen LogP contribution in [0.4, 0.5) is 0 Å². The van der Waals surface area contributed by atoms with Gasteiger partial charge in [-0.3, -0.25) is 9.59 Å². The van der Waals surface area contributed by atoms with Crippen molar-refractivity contribution in [2.45, 2.75) is 12.5 Å². The third kappa shape index (κ3) is 2.10.